The number of anilines is 2. The summed E-state index contributed by atoms with van der Waals surface area (Å²) in [5.74, 6) is 1.73. The molecule has 0 fully saturated rings. The van der Waals surface area contributed by atoms with E-state index in [2.05, 4.69) is 34.4 Å². The zero-order valence-corrected chi connectivity index (χ0v) is 11.3. The Labute approximate surface area is 108 Å². The lowest BCUT2D eigenvalue weighted by Crippen LogP contribution is -2.12. The van der Waals surface area contributed by atoms with Crippen LogP contribution in [0.25, 0.3) is 0 Å². The van der Waals surface area contributed by atoms with Crippen LogP contribution in [-0.4, -0.2) is 29.7 Å². The lowest BCUT2D eigenvalue weighted by Gasteiger charge is -2.14. The van der Waals surface area contributed by atoms with Crippen LogP contribution in [0.15, 0.2) is 6.33 Å². The number of aromatic nitrogens is 2. The van der Waals surface area contributed by atoms with E-state index in [0.717, 1.165) is 43.0 Å². The second kappa shape index (κ2) is 8.66. The summed E-state index contributed by atoms with van der Waals surface area (Å²) in [7, 11) is 0. The smallest absolute Gasteiger partial charge is 0.134 e. The molecule has 0 saturated carbocycles. The van der Waals surface area contributed by atoms with Gasteiger partial charge in [-0.25, -0.2) is 9.97 Å². The molecular formula is C13H23FN4. The van der Waals surface area contributed by atoms with Gasteiger partial charge in [-0.3, -0.25) is 4.39 Å². The van der Waals surface area contributed by atoms with E-state index < -0.39 is 0 Å². The van der Waals surface area contributed by atoms with E-state index in [1.54, 1.807) is 6.33 Å². The second-order valence-electron chi connectivity index (χ2n) is 4.20. The fraction of sp³-hybridized carbons (Fsp3) is 0.692. The Kier molecular flexibility index (Phi) is 7.06. The summed E-state index contributed by atoms with van der Waals surface area (Å²) >= 11 is 0. The lowest BCUT2D eigenvalue weighted by atomic mass is 10.1. The van der Waals surface area contributed by atoms with Crippen molar-refractivity contribution < 1.29 is 4.39 Å². The monoisotopic (exact) mass is 254 g/mol. The molecule has 1 aromatic heterocycles. The Balaban J connectivity index is 2.79. The maximum absolute atomic E-state index is 12.1. The summed E-state index contributed by atoms with van der Waals surface area (Å²) in [4.78, 5) is 8.54. The van der Waals surface area contributed by atoms with Gasteiger partial charge in [0.2, 0.25) is 0 Å². The third-order valence-corrected chi connectivity index (χ3v) is 2.59. The molecule has 0 saturated heterocycles. The van der Waals surface area contributed by atoms with Crippen molar-refractivity contribution in [1.29, 1.82) is 0 Å². The number of nitrogens with one attached hydrogen (secondary N) is 2. The van der Waals surface area contributed by atoms with E-state index in [4.69, 9.17) is 0 Å². The molecule has 0 aliphatic rings. The van der Waals surface area contributed by atoms with Crippen molar-refractivity contribution in [2.75, 3.05) is 30.4 Å². The van der Waals surface area contributed by atoms with Gasteiger partial charge in [0.25, 0.3) is 0 Å². The van der Waals surface area contributed by atoms with Crippen LogP contribution in [0.4, 0.5) is 16.0 Å². The topological polar surface area (TPSA) is 49.8 Å². The van der Waals surface area contributed by atoms with Crippen molar-refractivity contribution in [3.63, 3.8) is 0 Å². The molecular weight excluding hydrogens is 231 g/mol. The van der Waals surface area contributed by atoms with E-state index in [1.165, 1.54) is 0 Å². The Bertz CT molecular complexity index is 344. The molecule has 5 heteroatoms. The van der Waals surface area contributed by atoms with Gasteiger partial charge in [0, 0.05) is 18.7 Å². The first kappa shape index (κ1) is 14.7. The minimum absolute atomic E-state index is 0.303. The van der Waals surface area contributed by atoms with Crippen molar-refractivity contribution >= 4 is 11.6 Å². The van der Waals surface area contributed by atoms with Crippen molar-refractivity contribution in [3.05, 3.63) is 11.9 Å². The Morgan fingerprint density at radius 3 is 2.28 bits per heavy atom. The van der Waals surface area contributed by atoms with Gasteiger partial charge in [0.05, 0.1) is 6.67 Å². The first-order valence-corrected chi connectivity index (χ1v) is 6.71. The Morgan fingerprint density at radius 1 is 1.06 bits per heavy atom. The molecule has 0 bridgehead atoms. The van der Waals surface area contributed by atoms with E-state index in [9.17, 15) is 4.39 Å². The molecule has 0 spiro atoms. The number of hydrogen-bond acceptors (Lipinski definition) is 4. The van der Waals surface area contributed by atoms with Gasteiger partial charge in [-0.2, -0.15) is 0 Å². The van der Waals surface area contributed by atoms with Crippen LogP contribution in [0, 0.1) is 0 Å². The second-order valence-corrected chi connectivity index (χ2v) is 4.20. The highest BCUT2D eigenvalue weighted by Crippen LogP contribution is 2.21. The first-order valence-electron chi connectivity index (χ1n) is 6.71. The normalized spacial score (nSPS) is 10.4. The highest BCUT2D eigenvalue weighted by atomic mass is 19.1. The molecule has 2 N–H and O–H groups in total. The highest BCUT2D eigenvalue weighted by molar-refractivity contribution is 5.57. The Hall–Kier alpha value is -1.39. The number of nitrogens with zero attached hydrogens (tertiary/aromatic N) is 2. The molecule has 0 aromatic carbocycles. The van der Waals surface area contributed by atoms with Crippen LogP contribution < -0.4 is 10.6 Å². The molecule has 1 rings (SSSR count). The number of halogens is 1. The summed E-state index contributed by atoms with van der Waals surface area (Å²) in [5.41, 5.74) is 1.10. The molecule has 1 aromatic rings. The van der Waals surface area contributed by atoms with E-state index in [1.807, 2.05) is 0 Å². The molecule has 18 heavy (non-hydrogen) atoms. The molecule has 0 radical (unpaired) electrons. The van der Waals surface area contributed by atoms with Gasteiger partial charge in [0.15, 0.2) is 0 Å². The van der Waals surface area contributed by atoms with Crippen LogP contribution in [0.3, 0.4) is 0 Å². The zero-order chi connectivity index (χ0) is 13.2. The average molecular weight is 254 g/mol. The third-order valence-electron chi connectivity index (χ3n) is 2.59. The van der Waals surface area contributed by atoms with E-state index >= 15 is 0 Å². The predicted molar refractivity (Wildman–Crippen MR) is 73.9 cm³/mol. The quantitative estimate of drug-likeness (QED) is 0.665. The molecule has 0 atom stereocenters. The molecule has 0 aliphatic heterocycles. The van der Waals surface area contributed by atoms with Gasteiger partial charge >= 0.3 is 0 Å². The molecule has 0 amide bonds. The fourth-order valence-corrected chi connectivity index (χ4v) is 1.72. The van der Waals surface area contributed by atoms with Crippen LogP contribution in [-0.2, 0) is 6.42 Å². The number of alkyl halides is 1. The third kappa shape index (κ3) is 4.47. The van der Waals surface area contributed by atoms with Crippen LogP contribution in [0.2, 0.25) is 0 Å². The van der Waals surface area contributed by atoms with Crippen molar-refractivity contribution in [1.82, 2.24) is 9.97 Å². The largest absolute Gasteiger partial charge is 0.370 e. The fourth-order valence-electron chi connectivity index (χ4n) is 1.72. The van der Waals surface area contributed by atoms with Crippen molar-refractivity contribution in [3.8, 4) is 0 Å². The minimum Gasteiger partial charge on any atom is -0.370 e. The van der Waals surface area contributed by atoms with Gasteiger partial charge in [-0.1, -0.05) is 20.3 Å². The minimum atomic E-state index is -0.303. The van der Waals surface area contributed by atoms with Crippen molar-refractivity contribution in [2.45, 2.75) is 39.5 Å². The molecule has 102 valence electrons. The highest BCUT2D eigenvalue weighted by Gasteiger charge is 2.09. The molecule has 0 aliphatic carbocycles. The summed E-state index contributed by atoms with van der Waals surface area (Å²) < 4.78 is 12.1. The molecule has 0 unspecified atom stereocenters. The van der Waals surface area contributed by atoms with Crippen LogP contribution in [0.1, 0.15) is 38.7 Å². The maximum atomic E-state index is 12.1. The Morgan fingerprint density at radius 2 is 1.72 bits per heavy atom. The van der Waals surface area contributed by atoms with E-state index in [0.29, 0.717) is 13.0 Å². The van der Waals surface area contributed by atoms with Crippen molar-refractivity contribution in [2.24, 2.45) is 0 Å². The summed E-state index contributed by atoms with van der Waals surface area (Å²) in [5, 5.41) is 6.50. The average Bonchev–Trinajstić information content (AvgIpc) is 2.39. The van der Waals surface area contributed by atoms with Crippen LogP contribution in [0.5, 0.6) is 0 Å². The van der Waals surface area contributed by atoms with E-state index in [-0.39, 0.29) is 6.67 Å². The summed E-state index contributed by atoms with van der Waals surface area (Å²) in [6.45, 7) is 5.45. The van der Waals surface area contributed by atoms with Crippen LogP contribution >= 0.6 is 0 Å². The van der Waals surface area contributed by atoms with Gasteiger partial charge in [-0.15, -0.1) is 0 Å². The summed E-state index contributed by atoms with van der Waals surface area (Å²) in [6.07, 6.45) is 5.07. The number of hydrogen-bond donors (Lipinski definition) is 2. The lowest BCUT2D eigenvalue weighted by molar-refractivity contribution is 0.481. The van der Waals surface area contributed by atoms with Gasteiger partial charge < -0.3 is 10.6 Å². The zero-order valence-electron chi connectivity index (χ0n) is 11.3. The SMILES string of the molecule is CCCNc1ncnc(NCCCF)c1CCC. The predicted octanol–water partition coefficient (Wildman–Crippen LogP) is 3.02. The molecule has 4 nitrogen and oxygen atoms in total. The first-order chi connectivity index (χ1) is 8.83. The van der Waals surface area contributed by atoms with Gasteiger partial charge in [-0.05, 0) is 19.3 Å². The standard InChI is InChI=1S/C13H23FN4/c1-3-6-11-12(15-8-4-2)17-10-18-13(11)16-9-5-7-14/h10H,3-9H2,1-2H3,(H2,15,16,17,18). The summed E-state index contributed by atoms with van der Waals surface area (Å²) in [6, 6.07) is 0. The maximum Gasteiger partial charge on any atom is 0.134 e. The number of rotatable bonds is 9. The molecule has 1 heterocycles. The van der Waals surface area contributed by atoms with Gasteiger partial charge in [0.1, 0.15) is 18.0 Å².